The fraction of sp³-hybridized carbons (Fsp3) is 0.200. The molecule has 2 nitrogen and oxygen atoms in total. The minimum Gasteiger partial charge on any atom is -0.489 e. The summed E-state index contributed by atoms with van der Waals surface area (Å²) in [6, 6.07) is 15.7. The van der Waals surface area contributed by atoms with Gasteiger partial charge >= 0.3 is 0 Å². The Kier molecular flexibility index (Phi) is 6.71. The Hall–Kier alpha value is -1.22. The van der Waals surface area contributed by atoms with E-state index in [1.54, 1.807) is 0 Å². The van der Waals surface area contributed by atoms with Gasteiger partial charge in [-0.2, -0.15) is 0 Å². The minimum absolute atomic E-state index is 0. The van der Waals surface area contributed by atoms with Crippen LogP contribution in [0, 0.1) is 0 Å². The molecule has 0 saturated carbocycles. The fourth-order valence-corrected chi connectivity index (χ4v) is 1.94. The van der Waals surface area contributed by atoms with Crippen molar-refractivity contribution >= 4 is 24.0 Å². The van der Waals surface area contributed by atoms with Crippen molar-refractivity contribution in [3.8, 4) is 5.75 Å². The van der Waals surface area contributed by atoms with E-state index in [0.29, 0.717) is 6.61 Å². The maximum Gasteiger partial charge on any atom is 0.124 e. The molecule has 2 aromatic rings. The van der Waals surface area contributed by atoms with Crippen molar-refractivity contribution in [3.63, 3.8) is 0 Å². The molecule has 0 fully saturated rings. The molecule has 102 valence electrons. The van der Waals surface area contributed by atoms with Crippen LogP contribution in [0.15, 0.2) is 48.5 Å². The number of para-hydroxylation sites is 1. The van der Waals surface area contributed by atoms with Gasteiger partial charge in [-0.1, -0.05) is 48.0 Å². The number of rotatable bonds is 5. The van der Waals surface area contributed by atoms with Crippen LogP contribution in [0.2, 0.25) is 5.02 Å². The van der Waals surface area contributed by atoms with E-state index >= 15 is 0 Å². The number of halogens is 2. The molecule has 0 spiro atoms. The largest absolute Gasteiger partial charge is 0.489 e. The first-order valence-corrected chi connectivity index (χ1v) is 6.28. The molecule has 0 aromatic heterocycles. The molecule has 0 bridgehead atoms. The van der Waals surface area contributed by atoms with E-state index < -0.39 is 0 Å². The molecule has 1 N–H and O–H groups in total. The van der Waals surface area contributed by atoms with Crippen molar-refractivity contribution < 1.29 is 4.74 Å². The van der Waals surface area contributed by atoms with E-state index in [1.807, 2.05) is 49.5 Å². The number of hydrogen-bond acceptors (Lipinski definition) is 2. The lowest BCUT2D eigenvalue weighted by molar-refractivity contribution is 0.302. The molecule has 0 saturated heterocycles. The summed E-state index contributed by atoms with van der Waals surface area (Å²) in [7, 11) is 1.92. The summed E-state index contributed by atoms with van der Waals surface area (Å²) in [6.07, 6.45) is 0. The Morgan fingerprint density at radius 1 is 1.00 bits per heavy atom. The summed E-state index contributed by atoms with van der Waals surface area (Å²) >= 11 is 6.10. The van der Waals surface area contributed by atoms with Crippen molar-refractivity contribution in [1.82, 2.24) is 5.32 Å². The van der Waals surface area contributed by atoms with E-state index in [4.69, 9.17) is 16.3 Å². The topological polar surface area (TPSA) is 21.3 Å². The van der Waals surface area contributed by atoms with E-state index in [2.05, 4.69) is 11.4 Å². The van der Waals surface area contributed by atoms with Crippen LogP contribution in [0.25, 0.3) is 0 Å². The Labute approximate surface area is 125 Å². The van der Waals surface area contributed by atoms with Gasteiger partial charge < -0.3 is 10.1 Å². The number of hydrogen-bond donors (Lipinski definition) is 1. The fourth-order valence-electron chi connectivity index (χ4n) is 1.75. The molecule has 0 atom stereocenters. The third kappa shape index (κ3) is 4.43. The molecule has 0 aliphatic heterocycles. The van der Waals surface area contributed by atoms with E-state index in [1.165, 1.54) is 0 Å². The van der Waals surface area contributed by atoms with Crippen LogP contribution in [-0.4, -0.2) is 7.05 Å². The number of benzene rings is 2. The van der Waals surface area contributed by atoms with Crippen LogP contribution in [-0.2, 0) is 13.2 Å². The molecule has 0 heterocycles. The van der Waals surface area contributed by atoms with Gasteiger partial charge in [0.1, 0.15) is 12.4 Å². The molecule has 4 heteroatoms. The molecule has 0 amide bonds. The summed E-state index contributed by atoms with van der Waals surface area (Å²) in [4.78, 5) is 0. The van der Waals surface area contributed by atoms with E-state index in [9.17, 15) is 0 Å². The first-order valence-electron chi connectivity index (χ1n) is 5.90. The molecule has 0 aliphatic rings. The summed E-state index contributed by atoms with van der Waals surface area (Å²) in [6.45, 7) is 1.28. The van der Waals surface area contributed by atoms with Crippen LogP contribution >= 0.6 is 24.0 Å². The average Bonchev–Trinajstić information content (AvgIpc) is 2.40. The van der Waals surface area contributed by atoms with Gasteiger partial charge in [-0.25, -0.2) is 0 Å². The molecular weight excluding hydrogens is 281 g/mol. The van der Waals surface area contributed by atoms with Gasteiger partial charge in [-0.15, -0.1) is 12.4 Å². The van der Waals surface area contributed by atoms with Crippen molar-refractivity contribution in [1.29, 1.82) is 0 Å². The molecule has 0 unspecified atom stereocenters. The van der Waals surface area contributed by atoms with Gasteiger partial charge in [0.25, 0.3) is 0 Å². The Bertz CT molecular complexity index is 517. The normalized spacial score (nSPS) is 9.79. The SMILES string of the molecule is CNCc1ccccc1OCc1ccccc1Cl.Cl. The predicted molar refractivity (Wildman–Crippen MR) is 82.2 cm³/mol. The molecule has 0 radical (unpaired) electrons. The Morgan fingerprint density at radius 3 is 2.32 bits per heavy atom. The van der Waals surface area contributed by atoms with Crippen LogP contribution < -0.4 is 10.1 Å². The maximum absolute atomic E-state index is 6.10. The quantitative estimate of drug-likeness (QED) is 0.898. The average molecular weight is 298 g/mol. The zero-order valence-electron chi connectivity index (χ0n) is 10.7. The standard InChI is InChI=1S/C15H16ClNO.ClH/c1-17-10-12-6-3-5-9-15(12)18-11-13-7-2-4-8-14(13)16;/h2-9,17H,10-11H2,1H3;1H. The molecule has 19 heavy (non-hydrogen) atoms. The van der Waals surface area contributed by atoms with Crippen LogP contribution in [0.4, 0.5) is 0 Å². The Morgan fingerprint density at radius 2 is 1.63 bits per heavy atom. The van der Waals surface area contributed by atoms with Gasteiger partial charge in [0.2, 0.25) is 0 Å². The molecule has 0 aliphatic carbocycles. The first-order chi connectivity index (χ1) is 8.81. The third-order valence-electron chi connectivity index (χ3n) is 2.68. The van der Waals surface area contributed by atoms with Gasteiger partial charge in [0, 0.05) is 22.7 Å². The summed E-state index contributed by atoms with van der Waals surface area (Å²) in [5.74, 6) is 0.895. The summed E-state index contributed by atoms with van der Waals surface area (Å²) in [5, 5.41) is 3.87. The van der Waals surface area contributed by atoms with Gasteiger partial charge in [0.05, 0.1) is 0 Å². The number of nitrogens with one attached hydrogen (secondary N) is 1. The maximum atomic E-state index is 6.10. The van der Waals surface area contributed by atoms with Gasteiger partial charge in [-0.3, -0.25) is 0 Å². The minimum atomic E-state index is 0. The summed E-state index contributed by atoms with van der Waals surface area (Å²) in [5.41, 5.74) is 2.14. The zero-order chi connectivity index (χ0) is 12.8. The highest BCUT2D eigenvalue weighted by Gasteiger charge is 2.04. The zero-order valence-corrected chi connectivity index (χ0v) is 12.3. The van der Waals surface area contributed by atoms with E-state index in [-0.39, 0.29) is 12.4 Å². The predicted octanol–water partition coefficient (Wildman–Crippen LogP) is 4.06. The molecule has 2 rings (SSSR count). The Balaban J connectivity index is 0.00000180. The van der Waals surface area contributed by atoms with Crippen molar-refractivity contribution in [2.24, 2.45) is 0 Å². The van der Waals surface area contributed by atoms with Crippen molar-refractivity contribution in [2.45, 2.75) is 13.2 Å². The monoisotopic (exact) mass is 297 g/mol. The first kappa shape index (κ1) is 15.8. The lowest BCUT2D eigenvalue weighted by Crippen LogP contribution is -2.07. The van der Waals surface area contributed by atoms with E-state index in [0.717, 1.165) is 28.4 Å². The van der Waals surface area contributed by atoms with Crippen LogP contribution in [0.1, 0.15) is 11.1 Å². The smallest absolute Gasteiger partial charge is 0.124 e. The highest BCUT2D eigenvalue weighted by molar-refractivity contribution is 6.31. The van der Waals surface area contributed by atoms with Crippen LogP contribution in [0.3, 0.4) is 0 Å². The third-order valence-corrected chi connectivity index (χ3v) is 3.05. The highest BCUT2D eigenvalue weighted by Crippen LogP contribution is 2.21. The molecular formula is C15H17Cl2NO. The van der Waals surface area contributed by atoms with Gasteiger partial charge in [0.15, 0.2) is 0 Å². The lowest BCUT2D eigenvalue weighted by Gasteiger charge is -2.11. The van der Waals surface area contributed by atoms with Crippen molar-refractivity contribution in [2.75, 3.05) is 7.05 Å². The number of ether oxygens (including phenoxy) is 1. The van der Waals surface area contributed by atoms with Crippen LogP contribution in [0.5, 0.6) is 5.75 Å². The second-order valence-corrected chi connectivity index (χ2v) is 4.43. The highest BCUT2D eigenvalue weighted by atomic mass is 35.5. The van der Waals surface area contributed by atoms with Gasteiger partial charge in [-0.05, 0) is 19.2 Å². The molecule has 2 aromatic carbocycles. The second-order valence-electron chi connectivity index (χ2n) is 4.02. The lowest BCUT2D eigenvalue weighted by atomic mass is 10.2. The second kappa shape index (κ2) is 8.05. The summed E-state index contributed by atoms with van der Waals surface area (Å²) < 4.78 is 5.83. The van der Waals surface area contributed by atoms with Crippen molar-refractivity contribution in [3.05, 3.63) is 64.7 Å².